The molecule has 0 aromatic heterocycles. The van der Waals surface area contributed by atoms with Gasteiger partial charge in [0.25, 0.3) is 0 Å². The Morgan fingerprint density at radius 1 is 1.25 bits per heavy atom. The lowest BCUT2D eigenvalue weighted by Crippen LogP contribution is -2.31. The van der Waals surface area contributed by atoms with Gasteiger partial charge in [-0.2, -0.15) is 0 Å². The molecule has 0 saturated heterocycles. The average Bonchev–Trinajstić information content (AvgIpc) is 2.28. The van der Waals surface area contributed by atoms with Gasteiger partial charge in [0.15, 0.2) is 0 Å². The lowest BCUT2D eigenvalue weighted by molar-refractivity contribution is 0.213. The smallest absolute Gasteiger partial charge is 0.0236 e. The van der Waals surface area contributed by atoms with Crippen LogP contribution >= 0.6 is 0 Å². The fraction of sp³-hybridized carbons (Fsp3) is 0.571. The summed E-state index contributed by atoms with van der Waals surface area (Å²) in [4.78, 5) is 2.50. The molecule has 1 rings (SSSR count). The maximum atomic E-state index is 5.65. The largest absolute Gasteiger partial charge is 0.326 e. The number of nitrogens with zero attached hydrogens (tertiary/aromatic N) is 1. The van der Waals surface area contributed by atoms with Crippen molar-refractivity contribution in [2.45, 2.75) is 46.3 Å². The van der Waals surface area contributed by atoms with Gasteiger partial charge >= 0.3 is 0 Å². The van der Waals surface area contributed by atoms with Crippen molar-refractivity contribution in [2.75, 3.05) is 6.54 Å². The highest BCUT2D eigenvalue weighted by atomic mass is 15.1. The number of hydrogen-bond donors (Lipinski definition) is 1. The topological polar surface area (TPSA) is 29.3 Å². The van der Waals surface area contributed by atoms with Gasteiger partial charge in [0.2, 0.25) is 0 Å². The molecular formula is C14H24N2. The van der Waals surface area contributed by atoms with E-state index in [4.69, 9.17) is 5.73 Å². The first kappa shape index (κ1) is 13.2. The highest BCUT2D eigenvalue weighted by Gasteiger charge is 2.08. The number of nitrogens with two attached hydrogens (primary N) is 1. The molecule has 0 radical (unpaired) electrons. The third-order valence-corrected chi connectivity index (χ3v) is 2.85. The zero-order valence-electron chi connectivity index (χ0n) is 10.7. The molecule has 1 aromatic carbocycles. The predicted molar refractivity (Wildman–Crippen MR) is 70.2 cm³/mol. The van der Waals surface area contributed by atoms with Crippen molar-refractivity contribution in [1.29, 1.82) is 0 Å². The van der Waals surface area contributed by atoms with Crippen LogP contribution in [0.2, 0.25) is 0 Å². The standard InChI is InChI=1S/C14H24N2/c1-4-8-16(12(2)3)11-14-7-5-6-13(9-14)10-15/h5-7,9,12H,4,8,10-11,15H2,1-3H3. The molecular weight excluding hydrogens is 196 g/mol. The van der Waals surface area contributed by atoms with Crippen LogP contribution in [0.4, 0.5) is 0 Å². The van der Waals surface area contributed by atoms with Crippen LogP contribution in [0.3, 0.4) is 0 Å². The number of hydrogen-bond acceptors (Lipinski definition) is 2. The van der Waals surface area contributed by atoms with Crippen LogP contribution in [0.5, 0.6) is 0 Å². The second kappa shape index (κ2) is 6.66. The van der Waals surface area contributed by atoms with Gasteiger partial charge in [-0.15, -0.1) is 0 Å². The van der Waals surface area contributed by atoms with Crippen molar-refractivity contribution in [2.24, 2.45) is 5.73 Å². The van der Waals surface area contributed by atoms with E-state index in [1.807, 2.05) is 0 Å². The van der Waals surface area contributed by atoms with Gasteiger partial charge in [-0.3, -0.25) is 4.90 Å². The van der Waals surface area contributed by atoms with Crippen LogP contribution in [0.25, 0.3) is 0 Å². The van der Waals surface area contributed by atoms with Crippen molar-refractivity contribution in [1.82, 2.24) is 4.90 Å². The first-order valence-electron chi connectivity index (χ1n) is 6.19. The van der Waals surface area contributed by atoms with Gasteiger partial charge in [-0.05, 0) is 37.9 Å². The Hall–Kier alpha value is -0.860. The Morgan fingerprint density at radius 2 is 1.94 bits per heavy atom. The monoisotopic (exact) mass is 220 g/mol. The average molecular weight is 220 g/mol. The maximum absolute atomic E-state index is 5.65. The van der Waals surface area contributed by atoms with Crippen LogP contribution < -0.4 is 5.73 Å². The van der Waals surface area contributed by atoms with Gasteiger partial charge in [0.05, 0.1) is 0 Å². The lowest BCUT2D eigenvalue weighted by atomic mass is 10.1. The Kier molecular flexibility index (Phi) is 5.50. The molecule has 0 fully saturated rings. The van der Waals surface area contributed by atoms with E-state index in [0.717, 1.165) is 13.1 Å². The first-order chi connectivity index (χ1) is 7.67. The molecule has 0 amide bonds. The molecule has 2 nitrogen and oxygen atoms in total. The molecule has 0 heterocycles. The van der Waals surface area contributed by atoms with Crippen molar-refractivity contribution >= 4 is 0 Å². The summed E-state index contributed by atoms with van der Waals surface area (Å²) in [7, 11) is 0. The summed E-state index contributed by atoms with van der Waals surface area (Å²) in [6, 6.07) is 9.18. The SMILES string of the molecule is CCCN(Cc1cccc(CN)c1)C(C)C. The maximum Gasteiger partial charge on any atom is 0.0236 e. The molecule has 0 unspecified atom stereocenters. The number of rotatable bonds is 6. The van der Waals surface area contributed by atoms with E-state index in [2.05, 4.69) is 49.9 Å². The summed E-state index contributed by atoms with van der Waals surface area (Å²) < 4.78 is 0. The number of benzene rings is 1. The second-order valence-corrected chi connectivity index (χ2v) is 4.59. The predicted octanol–water partition coefficient (Wildman–Crippen LogP) is 2.77. The van der Waals surface area contributed by atoms with E-state index in [9.17, 15) is 0 Å². The quantitative estimate of drug-likeness (QED) is 0.798. The Bertz CT molecular complexity index is 307. The van der Waals surface area contributed by atoms with E-state index >= 15 is 0 Å². The van der Waals surface area contributed by atoms with Gasteiger partial charge in [0, 0.05) is 19.1 Å². The minimum Gasteiger partial charge on any atom is -0.326 e. The van der Waals surface area contributed by atoms with Crippen molar-refractivity contribution in [3.8, 4) is 0 Å². The zero-order valence-corrected chi connectivity index (χ0v) is 10.7. The summed E-state index contributed by atoms with van der Waals surface area (Å²) in [6.07, 6.45) is 1.20. The zero-order chi connectivity index (χ0) is 12.0. The molecule has 0 aliphatic carbocycles. The molecule has 1 aromatic rings. The highest BCUT2D eigenvalue weighted by molar-refractivity contribution is 5.23. The lowest BCUT2D eigenvalue weighted by Gasteiger charge is -2.26. The third-order valence-electron chi connectivity index (χ3n) is 2.85. The summed E-state index contributed by atoms with van der Waals surface area (Å²) >= 11 is 0. The van der Waals surface area contributed by atoms with Crippen LogP contribution in [0.15, 0.2) is 24.3 Å². The van der Waals surface area contributed by atoms with Crippen molar-refractivity contribution in [3.05, 3.63) is 35.4 Å². The second-order valence-electron chi connectivity index (χ2n) is 4.59. The molecule has 0 aliphatic heterocycles. The van der Waals surface area contributed by atoms with E-state index < -0.39 is 0 Å². The van der Waals surface area contributed by atoms with Gasteiger partial charge in [-0.25, -0.2) is 0 Å². The molecule has 16 heavy (non-hydrogen) atoms. The van der Waals surface area contributed by atoms with Crippen molar-refractivity contribution < 1.29 is 0 Å². The van der Waals surface area contributed by atoms with Crippen molar-refractivity contribution in [3.63, 3.8) is 0 Å². The summed E-state index contributed by atoms with van der Waals surface area (Å²) in [5, 5.41) is 0. The normalized spacial score (nSPS) is 11.4. The van der Waals surface area contributed by atoms with Gasteiger partial charge < -0.3 is 5.73 Å². The minimum atomic E-state index is 0.599. The fourth-order valence-electron chi connectivity index (χ4n) is 1.90. The van der Waals surface area contributed by atoms with Crippen LogP contribution in [0, 0.1) is 0 Å². The molecule has 0 spiro atoms. The highest BCUT2D eigenvalue weighted by Crippen LogP contribution is 2.11. The van der Waals surface area contributed by atoms with Crippen LogP contribution in [0.1, 0.15) is 38.3 Å². The molecule has 0 aliphatic rings. The third kappa shape index (κ3) is 3.95. The first-order valence-corrected chi connectivity index (χ1v) is 6.19. The van der Waals surface area contributed by atoms with Gasteiger partial charge in [0.1, 0.15) is 0 Å². The molecule has 90 valence electrons. The molecule has 0 saturated carbocycles. The van der Waals surface area contributed by atoms with E-state index in [1.54, 1.807) is 0 Å². The molecule has 0 bridgehead atoms. The fourth-order valence-corrected chi connectivity index (χ4v) is 1.90. The van der Waals surface area contributed by atoms with Crippen LogP contribution in [-0.2, 0) is 13.1 Å². The van der Waals surface area contributed by atoms with Crippen LogP contribution in [-0.4, -0.2) is 17.5 Å². The van der Waals surface area contributed by atoms with Gasteiger partial charge in [-0.1, -0.05) is 31.2 Å². The minimum absolute atomic E-state index is 0.599. The molecule has 2 N–H and O–H groups in total. The summed E-state index contributed by atoms with van der Waals surface area (Å²) in [5.74, 6) is 0. The molecule has 0 atom stereocenters. The Labute approximate surface area is 99.5 Å². The van der Waals surface area contributed by atoms with E-state index in [-0.39, 0.29) is 0 Å². The molecule has 2 heteroatoms. The Balaban J connectivity index is 2.68. The van der Waals surface area contributed by atoms with E-state index in [0.29, 0.717) is 12.6 Å². The Morgan fingerprint density at radius 3 is 2.50 bits per heavy atom. The summed E-state index contributed by atoms with van der Waals surface area (Å²) in [5.41, 5.74) is 8.24. The summed E-state index contributed by atoms with van der Waals surface area (Å²) in [6.45, 7) is 9.55. The van der Waals surface area contributed by atoms with E-state index in [1.165, 1.54) is 17.5 Å².